The van der Waals surface area contributed by atoms with Gasteiger partial charge in [0.2, 0.25) is 5.88 Å². The number of hydrogen-bond donors (Lipinski definition) is 3. The predicted molar refractivity (Wildman–Crippen MR) is 95.4 cm³/mol. The SMILES string of the molecule is Cn1c(O)c([C@H]2NCCc3c2[nH]c2ccc(Cl)cc32)c(=O)n(C)c1=O. The number of hydrogen-bond acceptors (Lipinski definition) is 4. The maximum absolute atomic E-state index is 12.7. The zero-order valence-electron chi connectivity index (χ0n) is 13.8. The fourth-order valence-corrected chi connectivity index (χ4v) is 3.73. The third kappa shape index (κ3) is 2.23. The number of nitrogens with zero attached hydrogens (tertiary/aromatic N) is 2. The first-order chi connectivity index (χ1) is 11.9. The Morgan fingerprint density at radius 2 is 2.00 bits per heavy atom. The largest absolute Gasteiger partial charge is 0.494 e. The number of fused-ring (bicyclic) bond motifs is 3. The summed E-state index contributed by atoms with van der Waals surface area (Å²) in [5, 5.41) is 15.4. The summed E-state index contributed by atoms with van der Waals surface area (Å²) in [5.74, 6) is -0.324. The molecule has 0 bridgehead atoms. The van der Waals surface area contributed by atoms with E-state index in [1.807, 2.05) is 12.1 Å². The third-order valence-corrected chi connectivity index (χ3v) is 5.10. The van der Waals surface area contributed by atoms with Crippen molar-refractivity contribution in [2.45, 2.75) is 12.5 Å². The normalized spacial score (nSPS) is 17.0. The van der Waals surface area contributed by atoms with Crippen molar-refractivity contribution in [1.82, 2.24) is 19.4 Å². The van der Waals surface area contributed by atoms with Crippen molar-refractivity contribution in [1.29, 1.82) is 0 Å². The molecule has 4 rings (SSSR count). The van der Waals surface area contributed by atoms with E-state index < -0.39 is 17.3 Å². The van der Waals surface area contributed by atoms with Gasteiger partial charge in [0.1, 0.15) is 5.56 Å². The predicted octanol–water partition coefficient (Wildman–Crippen LogP) is 1.16. The van der Waals surface area contributed by atoms with E-state index in [0.29, 0.717) is 11.6 Å². The molecule has 1 aromatic carbocycles. The van der Waals surface area contributed by atoms with E-state index in [9.17, 15) is 14.7 Å². The Morgan fingerprint density at radius 3 is 2.76 bits per heavy atom. The number of H-pyrrole nitrogens is 1. The lowest BCUT2D eigenvalue weighted by Crippen LogP contribution is -2.42. The lowest BCUT2D eigenvalue weighted by molar-refractivity contribution is 0.391. The van der Waals surface area contributed by atoms with E-state index in [4.69, 9.17) is 11.6 Å². The standard InChI is InChI=1S/C17H17ClN4O3/c1-21-15(23)12(16(24)22(2)17(21)25)14-13-9(5-6-19-14)10-7-8(18)3-4-11(10)20-13/h3-4,7,14,19-20,23H,5-6H2,1-2H3/t14-/m1/s1. The molecule has 1 aliphatic rings. The summed E-state index contributed by atoms with van der Waals surface area (Å²) in [7, 11) is 2.84. The lowest BCUT2D eigenvalue weighted by Gasteiger charge is -2.25. The molecular formula is C17H17ClN4O3. The molecule has 0 unspecified atom stereocenters. The Morgan fingerprint density at radius 1 is 1.24 bits per heavy atom. The summed E-state index contributed by atoms with van der Waals surface area (Å²) in [6.45, 7) is 0.641. The Hall–Kier alpha value is -2.51. The molecule has 0 amide bonds. The van der Waals surface area contributed by atoms with Crippen molar-refractivity contribution in [2.24, 2.45) is 14.1 Å². The van der Waals surface area contributed by atoms with Crippen LogP contribution < -0.4 is 16.6 Å². The molecule has 25 heavy (non-hydrogen) atoms. The Balaban J connectivity index is 2.01. The van der Waals surface area contributed by atoms with Crippen LogP contribution in [0.5, 0.6) is 5.88 Å². The fourth-order valence-electron chi connectivity index (χ4n) is 3.56. The van der Waals surface area contributed by atoms with E-state index in [-0.39, 0.29) is 11.4 Å². The van der Waals surface area contributed by atoms with Crippen molar-refractivity contribution in [3.05, 3.63) is 60.9 Å². The molecule has 130 valence electrons. The highest BCUT2D eigenvalue weighted by Gasteiger charge is 2.31. The topological polar surface area (TPSA) is 92.0 Å². The Labute approximate surface area is 147 Å². The zero-order valence-corrected chi connectivity index (χ0v) is 14.5. The van der Waals surface area contributed by atoms with E-state index in [1.165, 1.54) is 14.1 Å². The van der Waals surface area contributed by atoms with E-state index >= 15 is 0 Å². The van der Waals surface area contributed by atoms with Crippen LogP contribution in [-0.2, 0) is 20.5 Å². The molecule has 3 heterocycles. The number of nitrogens with one attached hydrogen (secondary N) is 2. The number of rotatable bonds is 1. The van der Waals surface area contributed by atoms with Gasteiger partial charge < -0.3 is 15.4 Å². The quantitative estimate of drug-likeness (QED) is 0.607. The average Bonchev–Trinajstić information content (AvgIpc) is 2.97. The third-order valence-electron chi connectivity index (χ3n) is 4.87. The van der Waals surface area contributed by atoms with Gasteiger partial charge in [0, 0.05) is 42.3 Å². The molecule has 1 atom stereocenters. The minimum absolute atomic E-state index is 0.156. The Kier molecular flexibility index (Phi) is 3.52. The molecule has 0 saturated carbocycles. The first-order valence-electron chi connectivity index (χ1n) is 7.92. The minimum atomic E-state index is -0.564. The summed E-state index contributed by atoms with van der Waals surface area (Å²) in [6.07, 6.45) is 0.777. The second kappa shape index (κ2) is 5.50. The molecule has 0 saturated heterocycles. The summed E-state index contributed by atoms with van der Waals surface area (Å²) in [4.78, 5) is 28.0. The van der Waals surface area contributed by atoms with Crippen molar-refractivity contribution in [3.63, 3.8) is 0 Å². The molecular weight excluding hydrogens is 344 g/mol. The highest BCUT2D eigenvalue weighted by molar-refractivity contribution is 6.31. The first-order valence-corrected chi connectivity index (χ1v) is 8.30. The van der Waals surface area contributed by atoms with Crippen molar-refractivity contribution in [3.8, 4) is 5.88 Å². The zero-order chi connectivity index (χ0) is 17.9. The van der Waals surface area contributed by atoms with Gasteiger partial charge in [-0.05, 0) is 30.2 Å². The fraction of sp³-hybridized carbons (Fsp3) is 0.294. The summed E-state index contributed by atoms with van der Waals surface area (Å²) < 4.78 is 2.08. The van der Waals surface area contributed by atoms with E-state index in [1.54, 1.807) is 6.07 Å². The van der Waals surface area contributed by atoms with Gasteiger partial charge in [-0.15, -0.1) is 0 Å². The van der Waals surface area contributed by atoms with Crippen LogP contribution in [0.4, 0.5) is 0 Å². The average molecular weight is 361 g/mol. The van der Waals surface area contributed by atoms with Crippen LogP contribution in [0.2, 0.25) is 5.02 Å². The van der Waals surface area contributed by atoms with Gasteiger partial charge in [0.15, 0.2) is 0 Å². The van der Waals surface area contributed by atoms with Crippen LogP contribution in [0.3, 0.4) is 0 Å². The molecule has 2 aromatic heterocycles. The van der Waals surface area contributed by atoms with Gasteiger partial charge in [-0.3, -0.25) is 13.9 Å². The second-order valence-electron chi connectivity index (χ2n) is 6.29. The van der Waals surface area contributed by atoms with Gasteiger partial charge in [0.05, 0.1) is 6.04 Å². The smallest absolute Gasteiger partial charge is 0.333 e. The van der Waals surface area contributed by atoms with Crippen molar-refractivity contribution >= 4 is 22.5 Å². The first kappa shape index (κ1) is 16.0. The molecule has 0 spiro atoms. The van der Waals surface area contributed by atoms with E-state index in [0.717, 1.165) is 37.7 Å². The van der Waals surface area contributed by atoms with Crippen LogP contribution in [0.1, 0.15) is 22.9 Å². The molecule has 1 aliphatic heterocycles. The van der Waals surface area contributed by atoms with Crippen molar-refractivity contribution in [2.75, 3.05) is 6.54 Å². The highest BCUT2D eigenvalue weighted by Crippen LogP contribution is 2.35. The summed E-state index contributed by atoms with van der Waals surface area (Å²) in [5.41, 5.74) is 1.88. The lowest BCUT2D eigenvalue weighted by atomic mass is 9.95. The molecule has 7 nitrogen and oxygen atoms in total. The van der Waals surface area contributed by atoms with Gasteiger partial charge in [-0.1, -0.05) is 11.6 Å². The maximum Gasteiger partial charge on any atom is 0.333 e. The number of aromatic hydroxyl groups is 1. The van der Waals surface area contributed by atoms with Crippen LogP contribution in [-0.4, -0.2) is 25.8 Å². The molecule has 0 fully saturated rings. The molecule has 0 aliphatic carbocycles. The summed E-state index contributed by atoms with van der Waals surface area (Å²) >= 11 is 6.12. The molecule has 0 radical (unpaired) electrons. The number of aromatic nitrogens is 3. The number of benzene rings is 1. The van der Waals surface area contributed by atoms with Gasteiger partial charge in [-0.2, -0.15) is 0 Å². The minimum Gasteiger partial charge on any atom is -0.494 e. The van der Waals surface area contributed by atoms with Gasteiger partial charge >= 0.3 is 5.69 Å². The highest BCUT2D eigenvalue weighted by atomic mass is 35.5. The van der Waals surface area contributed by atoms with Gasteiger partial charge in [-0.25, -0.2) is 4.79 Å². The van der Waals surface area contributed by atoms with Crippen LogP contribution >= 0.6 is 11.6 Å². The molecule has 3 N–H and O–H groups in total. The molecule has 8 heteroatoms. The van der Waals surface area contributed by atoms with Crippen LogP contribution in [0.25, 0.3) is 10.9 Å². The van der Waals surface area contributed by atoms with Crippen LogP contribution in [0, 0.1) is 0 Å². The number of halogens is 1. The van der Waals surface area contributed by atoms with Gasteiger partial charge in [0.25, 0.3) is 5.56 Å². The monoisotopic (exact) mass is 360 g/mol. The van der Waals surface area contributed by atoms with Crippen molar-refractivity contribution < 1.29 is 5.11 Å². The van der Waals surface area contributed by atoms with Crippen LogP contribution in [0.15, 0.2) is 27.8 Å². The molecule has 3 aromatic rings. The second-order valence-corrected chi connectivity index (χ2v) is 6.72. The number of aromatic amines is 1. The Bertz CT molecular complexity index is 1130. The summed E-state index contributed by atoms with van der Waals surface area (Å²) in [6, 6.07) is 5.07. The maximum atomic E-state index is 12.7. The van der Waals surface area contributed by atoms with E-state index in [2.05, 4.69) is 10.3 Å².